The normalized spacial score (nSPS) is 11.6. The zero-order valence-corrected chi connectivity index (χ0v) is 13.4. The molecule has 0 saturated heterocycles. The Balaban J connectivity index is 2.30. The average molecular weight is 316 g/mol. The Kier molecular flexibility index (Phi) is 5.46. The van der Waals surface area contributed by atoms with Crippen molar-refractivity contribution >= 4 is 5.97 Å². The second-order valence-corrected chi connectivity index (χ2v) is 5.05. The average Bonchev–Trinajstić information content (AvgIpc) is 2.59. The number of carboxylic acids is 1. The quantitative estimate of drug-likeness (QED) is 0.850. The van der Waals surface area contributed by atoms with E-state index in [0.717, 1.165) is 11.1 Å². The molecule has 0 heterocycles. The van der Waals surface area contributed by atoms with Crippen LogP contribution in [0.1, 0.15) is 17.0 Å². The Hall–Kier alpha value is -2.69. The van der Waals surface area contributed by atoms with Crippen molar-refractivity contribution in [2.45, 2.75) is 12.3 Å². The van der Waals surface area contributed by atoms with E-state index >= 15 is 0 Å². The summed E-state index contributed by atoms with van der Waals surface area (Å²) in [5.74, 6) is 0.433. The third kappa shape index (κ3) is 3.94. The molecule has 0 saturated carbocycles. The zero-order valence-electron chi connectivity index (χ0n) is 13.4. The van der Waals surface area contributed by atoms with Gasteiger partial charge in [-0.1, -0.05) is 18.2 Å². The van der Waals surface area contributed by atoms with Gasteiger partial charge < -0.3 is 19.3 Å². The Labute approximate surface area is 135 Å². The first-order valence-electron chi connectivity index (χ1n) is 7.16. The summed E-state index contributed by atoms with van der Waals surface area (Å²) in [6.45, 7) is 0. The molecule has 23 heavy (non-hydrogen) atoms. The van der Waals surface area contributed by atoms with Gasteiger partial charge in [0.25, 0.3) is 0 Å². The van der Waals surface area contributed by atoms with Gasteiger partial charge >= 0.3 is 5.97 Å². The van der Waals surface area contributed by atoms with Gasteiger partial charge in [-0.2, -0.15) is 0 Å². The van der Waals surface area contributed by atoms with Gasteiger partial charge in [-0.15, -0.1) is 0 Å². The van der Waals surface area contributed by atoms with Crippen molar-refractivity contribution in [2.24, 2.45) is 0 Å². The molecule has 1 N–H and O–H groups in total. The number of hydrogen-bond acceptors (Lipinski definition) is 4. The summed E-state index contributed by atoms with van der Waals surface area (Å²) in [4.78, 5) is 11.7. The second kappa shape index (κ2) is 7.54. The molecule has 0 amide bonds. The molecule has 0 aromatic heterocycles. The van der Waals surface area contributed by atoms with Crippen LogP contribution in [-0.4, -0.2) is 32.4 Å². The molecule has 2 aromatic rings. The summed E-state index contributed by atoms with van der Waals surface area (Å²) in [5, 5.41) is 9.58. The lowest BCUT2D eigenvalue weighted by atomic mass is 9.91. The van der Waals surface area contributed by atoms with E-state index < -0.39 is 11.9 Å². The fourth-order valence-corrected chi connectivity index (χ4v) is 2.42. The minimum Gasteiger partial charge on any atom is -0.497 e. The first-order chi connectivity index (χ1) is 11.1. The number of aliphatic carboxylic acids is 1. The van der Waals surface area contributed by atoms with E-state index in [0.29, 0.717) is 23.7 Å². The number of hydrogen-bond donors (Lipinski definition) is 1. The van der Waals surface area contributed by atoms with Crippen LogP contribution in [0, 0.1) is 0 Å². The van der Waals surface area contributed by atoms with Crippen molar-refractivity contribution < 1.29 is 24.1 Å². The van der Waals surface area contributed by atoms with Gasteiger partial charge in [0.2, 0.25) is 0 Å². The Morgan fingerprint density at radius 2 is 1.57 bits per heavy atom. The van der Waals surface area contributed by atoms with Gasteiger partial charge in [0.1, 0.15) is 17.2 Å². The lowest BCUT2D eigenvalue weighted by Crippen LogP contribution is -2.15. The summed E-state index contributed by atoms with van der Waals surface area (Å²) in [5.41, 5.74) is 1.53. The number of benzene rings is 2. The van der Waals surface area contributed by atoms with E-state index in [-0.39, 0.29) is 0 Å². The van der Waals surface area contributed by atoms with Crippen molar-refractivity contribution in [2.75, 3.05) is 21.3 Å². The maximum absolute atomic E-state index is 11.7. The van der Waals surface area contributed by atoms with Gasteiger partial charge in [0.15, 0.2) is 0 Å². The highest BCUT2D eigenvalue weighted by atomic mass is 16.5. The van der Waals surface area contributed by atoms with Crippen LogP contribution in [0.3, 0.4) is 0 Å². The van der Waals surface area contributed by atoms with Gasteiger partial charge in [0.05, 0.1) is 27.2 Å². The molecule has 5 nitrogen and oxygen atoms in total. The van der Waals surface area contributed by atoms with Gasteiger partial charge in [-0.3, -0.25) is 4.79 Å². The van der Waals surface area contributed by atoms with Crippen LogP contribution in [0.5, 0.6) is 17.2 Å². The topological polar surface area (TPSA) is 65.0 Å². The highest BCUT2D eigenvalue weighted by Crippen LogP contribution is 2.30. The first-order valence-corrected chi connectivity index (χ1v) is 7.16. The van der Waals surface area contributed by atoms with Crippen LogP contribution in [-0.2, 0) is 11.2 Å². The summed E-state index contributed by atoms with van der Waals surface area (Å²) in [7, 11) is 4.71. The predicted octanol–water partition coefficient (Wildman–Crippen LogP) is 3.12. The molecule has 0 aliphatic carbocycles. The van der Waals surface area contributed by atoms with Crippen LogP contribution in [0.4, 0.5) is 0 Å². The summed E-state index contributed by atoms with van der Waals surface area (Å²) < 4.78 is 15.6. The van der Waals surface area contributed by atoms with Crippen molar-refractivity contribution in [3.8, 4) is 17.2 Å². The van der Waals surface area contributed by atoms with Gasteiger partial charge in [-0.25, -0.2) is 0 Å². The molecule has 0 radical (unpaired) electrons. The highest BCUT2D eigenvalue weighted by Gasteiger charge is 2.22. The van der Waals surface area contributed by atoms with E-state index in [1.165, 1.54) is 0 Å². The first kappa shape index (κ1) is 16.7. The Morgan fingerprint density at radius 3 is 2.09 bits per heavy atom. The molecule has 1 atom stereocenters. The Morgan fingerprint density at radius 1 is 0.957 bits per heavy atom. The molecule has 0 aliphatic rings. The molecule has 0 aliphatic heterocycles. The minimum absolute atomic E-state index is 0.328. The lowest BCUT2D eigenvalue weighted by Gasteiger charge is -2.16. The van der Waals surface area contributed by atoms with E-state index in [4.69, 9.17) is 14.2 Å². The molecule has 0 unspecified atom stereocenters. The van der Waals surface area contributed by atoms with E-state index in [1.54, 1.807) is 57.7 Å². The summed E-state index contributed by atoms with van der Waals surface area (Å²) >= 11 is 0. The molecule has 122 valence electrons. The molecular weight excluding hydrogens is 296 g/mol. The maximum atomic E-state index is 11.7. The summed E-state index contributed by atoms with van der Waals surface area (Å²) in [6, 6.07) is 12.4. The number of carboxylic acid groups (broad SMARTS) is 1. The predicted molar refractivity (Wildman–Crippen MR) is 86.6 cm³/mol. The third-order valence-corrected chi connectivity index (χ3v) is 3.73. The molecule has 2 aromatic carbocycles. The smallest absolute Gasteiger partial charge is 0.311 e. The van der Waals surface area contributed by atoms with Crippen LogP contribution >= 0.6 is 0 Å². The van der Waals surface area contributed by atoms with Gasteiger partial charge in [-0.05, 0) is 35.7 Å². The van der Waals surface area contributed by atoms with E-state index in [1.807, 2.05) is 6.07 Å². The standard InChI is InChI=1S/C18H20O5/c1-21-14-7-4-12(5-8-14)16(18(19)20)10-13-6-9-15(22-2)11-17(13)23-3/h4-9,11,16H,10H2,1-3H3,(H,19,20)/t16-/m0/s1. The zero-order chi connectivity index (χ0) is 16.8. The molecule has 5 heteroatoms. The molecule has 0 bridgehead atoms. The third-order valence-electron chi connectivity index (χ3n) is 3.73. The Bertz CT molecular complexity index is 664. The van der Waals surface area contributed by atoms with Crippen LogP contribution in [0.15, 0.2) is 42.5 Å². The second-order valence-electron chi connectivity index (χ2n) is 5.05. The molecule has 0 fully saturated rings. The largest absolute Gasteiger partial charge is 0.497 e. The van der Waals surface area contributed by atoms with Gasteiger partial charge in [0, 0.05) is 6.07 Å². The maximum Gasteiger partial charge on any atom is 0.311 e. The monoisotopic (exact) mass is 316 g/mol. The van der Waals surface area contributed by atoms with Crippen molar-refractivity contribution in [3.05, 3.63) is 53.6 Å². The SMILES string of the molecule is COc1ccc([C@H](Cc2ccc(OC)cc2OC)C(=O)O)cc1. The van der Waals surface area contributed by atoms with E-state index in [9.17, 15) is 9.90 Å². The minimum atomic E-state index is -0.881. The van der Waals surface area contributed by atoms with Crippen molar-refractivity contribution in [3.63, 3.8) is 0 Å². The number of ether oxygens (including phenoxy) is 3. The summed E-state index contributed by atoms with van der Waals surface area (Å²) in [6.07, 6.45) is 0.328. The number of rotatable bonds is 7. The van der Waals surface area contributed by atoms with Crippen molar-refractivity contribution in [1.82, 2.24) is 0 Å². The number of carbonyl (C=O) groups is 1. The molecule has 0 spiro atoms. The van der Waals surface area contributed by atoms with Crippen LogP contribution < -0.4 is 14.2 Å². The van der Waals surface area contributed by atoms with Crippen LogP contribution in [0.2, 0.25) is 0 Å². The van der Waals surface area contributed by atoms with Crippen LogP contribution in [0.25, 0.3) is 0 Å². The fourth-order valence-electron chi connectivity index (χ4n) is 2.42. The lowest BCUT2D eigenvalue weighted by molar-refractivity contribution is -0.138. The van der Waals surface area contributed by atoms with Crippen molar-refractivity contribution in [1.29, 1.82) is 0 Å². The number of methoxy groups -OCH3 is 3. The molecular formula is C18H20O5. The van der Waals surface area contributed by atoms with E-state index in [2.05, 4.69) is 0 Å². The molecule has 2 rings (SSSR count). The fraction of sp³-hybridized carbons (Fsp3) is 0.278. The highest BCUT2D eigenvalue weighted by molar-refractivity contribution is 5.76.